The Kier molecular flexibility index (Phi) is 8.26. The second kappa shape index (κ2) is 9.67. The van der Waals surface area contributed by atoms with E-state index >= 15 is 0 Å². The summed E-state index contributed by atoms with van der Waals surface area (Å²) in [5.74, 6) is -1.66. The van der Waals surface area contributed by atoms with Crippen molar-refractivity contribution in [3.05, 3.63) is 33.8 Å². The van der Waals surface area contributed by atoms with Gasteiger partial charge >= 0.3 is 5.97 Å². The number of carboxylic acid groups (broad SMARTS) is 1. The van der Waals surface area contributed by atoms with Crippen LogP contribution in [0.3, 0.4) is 0 Å². The average Bonchev–Trinajstić information content (AvgIpc) is 2.52. The summed E-state index contributed by atoms with van der Waals surface area (Å²) in [5, 5.41) is 9.12. The van der Waals surface area contributed by atoms with Crippen LogP contribution in [0, 0.1) is 12.8 Å². The van der Waals surface area contributed by atoms with Crippen LogP contribution in [0.4, 0.5) is 0 Å². The Bertz CT molecular complexity index is 547. The van der Waals surface area contributed by atoms with Gasteiger partial charge in [0, 0.05) is 36.3 Å². The molecule has 0 heterocycles. The molecule has 1 N–H and O–H groups in total. The Hall–Kier alpha value is -1.40. The predicted octanol–water partition coefficient (Wildman–Crippen LogP) is 3.35. The van der Waals surface area contributed by atoms with Crippen LogP contribution < -0.4 is 0 Å². The fraction of sp³-hybridized carbons (Fsp3) is 0.529. The largest absolute Gasteiger partial charge is 0.481 e. The van der Waals surface area contributed by atoms with Gasteiger partial charge in [-0.2, -0.15) is 0 Å². The number of carbonyl (C=O) groups is 2. The zero-order chi connectivity index (χ0) is 17.4. The third kappa shape index (κ3) is 5.95. The molecule has 1 aromatic carbocycles. The summed E-state index contributed by atoms with van der Waals surface area (Å²) in [6, 6.07) is 5.46. The number of benzene rings is 1. The molecule has 1 atom stereocenters. The first-order valence-electron chi connectivity index (χ1n) is 7.73. The molecule has 0 bridgehead atoms. The van der Waals surface area contributed by atoms with Crippen LogP contribution in [-0.4, -0.2) is 48.2 Å². The summed E-state index contributed by atoms with van der Waals surface area (Å²) in [6.45, 7) is 7.24. The van der Waals surface area contributed by atoms with Crippen LogP contribution in [0.2, 0.25) is 0 Å². The lowest BCUT2D eigenvalue weighted by Crippen LogP contribution is -2.38. The number of halogens is 1. The summed E-state index contributed by atoms with van der Waals surface area (Å²) in [7, 11) is 0. The normalized spacial score (nSPS) is 12.0. The zero-order valence-corrected chi connectivity index (χ0v) is 15.4. The molecule has 128 valence electrons. The van der Waals surface area contributed by atoms with E-state index in [9.17, 15) is 9.59 Å². The summed E-state index contributed by atoms with van der Waals surface area (Å²) < 4.78 is 6.17. The second-order valence-electron chi connectivity index (χ2n) is 5.45. The number of hydrogen-bond donors (Lipinski definition) is 1. The van der Waals surface area contributed by atoms with Crippen molar-refractivity contribution in [2.24, 2.45) is 5.92 Å². The molecule has 1 aromatic rings. The van der Waals surface area contributed by atoms with E-state index in [4.69, 9.17) is 9.84 Å². The number of hydrogen-bond acceptors (Lipinski definition) is 3. The molecule has 0 aromatic heterocycles. The van der Waals surface area contributed by atoms with Crippen LogP contribution in [0.1, 0.15) is 36.2 Å². The molecule has 0 spiro atoms. The standard InChI is InChI=1S/C17H24BrNO4/c1-4-23-10-6-9-19(11-12(2)17(21)22)16(20)14-7-5-8-15(18)13(14)3/h5,7-8,12H,4,6,9-11H2,1-3H3,(H,21,22). The van der Waals surface area contributed by atoms with E-state index in [1.807, 2.05) is 26.0 Å². The summed E-state index contributed by atoms with van der Waals surface area (Å²) >= 11 is 3.43. The van der Waals surface area contributed by atoms with E-state index in [1.165, 1.54) is 0 Å². The molecule has 0 fully saturated rings. The van der Waals surface area contributed by atoms with Crippen LogP contribution in [0.25, 0.3) is 0 Å². The lowest BCUT2D eigenvalue weighted by molar-refractivity contribution is -0.141. The smallest absolute Gasteiger partial charge is 0.308 e. The van der Waals surface area contributed by atoms with Gasteiger partial charge in [-0.1, -0.05) is 28.9 Å². The molecule has 23 heavy (non-hydrogen) atoms. The highest BCUT2D eigenvalue weighted by atomic mass is 79.9. The van der Waals surface area contributed by atoms with Gasteiger partial charge in [-0.05, 0) is 38.0 Å². The van der Waals surface area contributed by atoms with Crippen LogP contribution in [0.5, 0.6) is 0 Å². The number of carboxylic acids is 1. The maximum Gasteiger partial charge on any atom is 0.308 e. The van der Waals surface area contributed by atoms with Gasteiger partial charge < -0.3 is 14.7 Å². The topological polar surface area (TPSA) is 66.8 Å². The van der Waals surface area contributed by atoms with Gasteiger partial charge in [-0.3, -0.25) is 9.59 Å². The van der Waals surface area contributed by atoms with Crippen molar-refractivity contribution in [3.63, 3.8) is 0 Å². The highest BCUT2D eigenvalue weighted by Crippen LogP contribution is 2.21. The lowest BCUT2D eigenvalue weighted by atomic mass is 10.1. The van der Waals surface area contributed by atoms with E-state index in [2.05, 4.69) is 15.9 Å². The summed E-state index contributed by atoms with van der Waals surface area (Å²) in [4.78, 5) is 25.5. The molecule has 0 saturated heterocycles. The lowest BCUT2D eigenvalue weighted by Gasteiger charge is -2.25. The molecule has 5 nitrogen and oxygen atoms in total. The minimum atomic E-state index is -0.904. The Morgan fingerprint density at radius 3 is 2.70 bits per heavy atom. The highest BCUT2D eigenvalue weighted by Gasteiger charge is 2.22. The maximum absolute atomic E-state index is 12.8. The first-order chi connectivity index (χ1) is 10.9. The van der Waals surface area contributed by atoms with Gasteiger partial charge in [-0.25, -0.2) is 0 Å². The fourth-order valence-corrected chi connectivity index (χ4v) is 2.56. The zero-order valence-electron chi connectivity index (χ0n) is 13.8. The fourth-order valence-electron chi connectivity index (χ4n) is 2.20. The van der Waals surface area contributed by atoms with Gasteiger partial charge in [-0.15, -0.1) is 0 Å². The molecule has 1 rings (SSSR count). The first kappa shape index (κ1) is 19.6. The van der Waals surface area contributed by atoms with E-state index < -0.39 is 11.9 Å². The maximum atomic E-state index is 12.8. The third-order valence-corrected chi connectivity index (χ3v) is 4.48. The summed E-state index contributed by atoms with van der Waals surface area (Å²) in [5.41, 5.74) is 1.45. The molecule has 0 aliphatic rings. The van der Waals surface area contributed by atoms with Crippen LogP contribution in [-0.2, 0) is 9.53 Å². The molecular weight excluding hydrogens is 362 g/mol. The molecule has 6 heteroatoms. The quantitative estimate of drug-likeness (QED) is 0.661. The predicted molar refractivity (Wildman–Crippen MR) is 92.7 cm³/mol. The van der Waals surface area contributed by atoms with Gasteiger partial charge in [0.05, 0.1) is 5.92 Å². The molecule has 1 amide bonds. The van der Waals surface area contributed by atoms with Crippen molar-refractivity contribution in [3.8, 4) is 0 Å². The van der Waals surface area contributed by atoms with Crippen LogP contribution in [0.15, 0.2) is 22.7 Å². The molecule has 0 saturated carbocycles. The molecule has 0 aliphatic heterocycles. The molecule has 0 radical (unpaired) electrons. The minimum Gasteiger partial charge on any atom is -0.481 e. The SMILES string of the molecule is CCOCCCN(CC(C)C(=O)O)C(=O)c1cccc(Br)c1C. The second-order valence-corrected chi connectivity index (χ2v) is 6.31. The van der Waals surface area contributed by atoms with Gasteiger partial charge in [0.1, 0.15) is 0 Å². The number of rotatable bonds is 9. The first-order valence-corrected chi connectivity index (χ1v) is 8.52. The van der Waals surface area contributed by atoms with Crippen molar-refractivity contribution in [2.75, 3.05) is 26.3 Å². The third-order valence-electron chi connectivity index (χ3n) is 3.62. The highest BCUT2D eigenvalue weighted by molar-refractivity contribution is 9.10. The Morgan fingerprint density at radius 1 is 1.39 bits per heavy atom. The van der Waals surface area contributed by atoms with Crippen molar-refractivity contribution < 1.29 is 19.4 Å². The average molecular weight is 386 g/mol. The molecule has 0 aliphatic carbocycles. The van der Waals surface area contributed by atoms with E-state index in [0.29, 0.717) is 31.7 Å². The van der Waals surface area contributed by atoms with Gasteiger partial charge in [0.25, 0.3) is 5.91 Å². The van der Waals surface area contributed by atoms with E-state index in [1.54, 1.807) is 17.9 Å². The summed E-state index contributed by atoms with van der Waals surface area (Å²) in [6.07, 6.45) is 0.680. The van der Waals surface area contributed by atoms with Crippen molar-refractivity contribution in [2.45, 2.75) is 27.2 Å². The number of ether oxygens (including phenoxy) is 1. The molecular formula is C17H24BrNO4. The van der Waals surface area contributed by atoms with Gasteiger partial charge in [0.15, 0.2) is 0 Å². The Balaban J connectivity index is 2.90. The Labute approximate surface area is 145 Å². The number of carbonyl (C=O) groups excluding carboxylic acids is 1. The number of amides is 1. The number of aliphatic carboxylic acids is 1. The van der Waals surface area contributed by atoms with Crippen LogP contribution >= 0.6 is 15.9 Å². The van der Waals surface area contributed by atoms with E-state index in [0.717, 1.165) is 10.0 Å². The number of nitrogens with zero attached hydrogens (tertiary/aromatic N) is 1. The monoisotopic (exact) mass is 385 g/mol. The van der Waals surface area contributed by atoms with Crippen molar-refractivity contribution in [1.29, 1.82) is 0 Å². The minimum absolute atomic E-state index is 0.145. The van der Waals surface area contributed by atoms with Crippen molar-refractivity contribution in [1.82, 2.24) is 4.90 Å². The van der Waals surface area contributed by atoms with Crippen molar-refractivity contribution >= 4 is 27.8 Å². The Morgan fingerprint density at radius 2 is 2.09 bits per heavy atom. The molecule has 1 unspecified atom stereocenters. The van der Waals surface area contributed by atoms with E-state index in [-0.39, 0.29) is 12.5 Å². The van der Waals surface area contributed by atoms with Gasteiger partial charge in [0.2, 0.25) is 0 Å².